The van der Waals surface area contributed by atoms with Crippen molar-refractivity contribution < 1.29 is 12.8 Å². The molecule has 0 saturated heterocycles. The van der Waals surface area contributed by atoms with Crippen LogP contribution in [0.2, 0.25) is 0 Å². The second kappa shape index (κ2) is 6.08. The molecule has 114 valence electrons. The molecule has 5 nitrogen and oxygen atoms in total. The molecule has 21 heavy (non-hydrogen) atoms. The smallest absolute Gasteiger partial charge is 0.243 e. The van der Waals surface area contributed by atoms with Gasteiger partial charge in [0.15, 0.2) is 0 Å². The Balaban J connectivity index is 2.21. The summed E-state index contributed by atoms with van der Waals surface area (Å²) in [6, 6.07) is 3.00. The summed E-state index contributed by atoms with van der Waals surface area (Å²) in [6.07, 6.45) is 5.62. The highest BCUT2D eigenvalue weighted by Crippen LogP contribution is 2.34. The van der Waals surface area contributed by atoms with Gasteiger partial charge in [0.25, 0.3) is 0 Å². The highest BCUT2D eigenvalue weighted by molar-refractivity contribution is 7.89. The van der Waals surface area contributed by atoms with Gasteiger partial charge >= 0.3 is 0 Å². The number of sulfonamides is 1. The van der Waals surface area contributed by atoms with Crippen LogP contribution in [-0.4, -0.2) is 18.9 Å². The van der Waals surface area contributed by atoms with Crippen LogP contribution in [0.25, 0.3) is 0 Å². The first kappa shape index (κ1) is 15.9. The van der Waals surface area contributed by atoms with E-state index in [1.807, 2.05) is 0 Å². The molecule has 0 atom stereocenters. The average Bonchev–Trinajstić information content (AvgIpc) is 2.47. The van der Waals surface area contributed by atoms with Gasteiger partial charge in [-0.3, -0.25) is 4.98 Å². The van der Waals surface area contributed by atoms with Crippen LogP contribution < -0.4 is 4.72 Å². The topological polar surface area (TPSA) is 82.9 Å². The number of nitrogens with one attached hydrogen (secondary N) is 1. The summed E-state index contributed by atoms with van der Waals surface area (Å²) in [4.78, 5) is 3.29. The van der Waals surface area contributed by atoms with E-state index in [2.05, 4.69) is 22.7 Å². The molecular weight excluding hydrogens is 293 g/mol. The first-order valence-corrected chi connectivity index (χ1v) is 8.45. The van der Waals surface area contributed by atoms with Gasteiger partial charge in [0.2, 0.25) is 10.0 Å². The minimum atomic E-state index is -3.95. The van der Waals surface area contributed by atoms with Gasteiger partial charge < -0.3 is 0 Å². The lowest BCUT2D eigenvalue weighted by Gasteiger charge is -2.34. The maximum absolute atomic E-state index is 13.1. The zero-order valence-corrected chi connectivity index (χ0v) is 12.7. The Labute approximate surface area is 124 Å². The van der Waals surface area contributed by atoms with Crippen LogP contribution in [0.5, 0.6) is 0 Å². The average molecular weight is 311 g/mol. The summed E-state index contributed by atoms with van der Waals surface area (Å²) >= 11 is 0. The quantitative estimate of drug-likeness (QED) is 0.925. The molecule has 0 amide bonds. The van der Waals surface area contributed by atoms with Crippen molar-refractivity contribution in [3.05, 3.63) is 24.3 Å². The minimum Gasteiger partial charge on any atom is -0.260 e. The molecule has 1 saturated carbocycles. The van der Waals surface area contributed by atoms with Crippen LogP contribution >= 0.6 is 0 Å². The molecule has 0 spiro atoms. The molecule has 1 heterocycles. The van der Waals surface area contributed by atoms with Gasteiger partial charge in [0.05, 0.1) is 12.3 Å². The number of halogens is 1. The zero-order valence-electron chi connectivity index (χ0n) is 11.8. The Morgan fingerprint density at radius 2 is 2.14 bits per heavy atom. The monoisotopic (exact) mass is 311 g/mol. The van der Waals surface area contributed by atoms with E-state index < -0.39 is 21.4 Å². The number of rotatable bonds is 4. The molecular formula is C14H18FN3O2S. The van der Waals surface area contributed by atoms with E-state index >= 15 is 0 Å². The third-order valence-corrected chi connectivity index (χ3v) is 5.57. The Bertz CT molecular complexity index is 646. The molecule has 0 aromatic carbocycles. The maximum atomic E-state index is 13.1. The summed E-state index contributed by atoms with van der Waals surface area (Å²) in [5.74, 6) is -0.189. The first-order chi connectivity index (χ1) is 9.91. The van der Waals surface area contributed by atoms with Crippen molar-refractivity contribution in [2.45, 2.75) is 49.5 Å². The molecule has 1 aliphatic rings. The van der Waals surface area contributed by atoms with Gasteiger partial charge in [-0.2, -0.15) is 9.98 Å². The van der Waals surface area contributed by atoms with Gasteiger partial charge in [-0.25, -0.2) is 12.8 Å². The number of hydrogen-bond donors (Lipinski definition) is 1. The van der Waals surface area contributed by atoms with Crippen molar-refractivity contribution in [2.24, 2.45) is 5.92 Å². The summed E-state index contributed by atoms with van der Waals surface area (Å²) in [7, 11) is -3.95. The van der Waals surface area contributed by atoms with E-state index in [1.165, 1.54) is 0 Å². The molecule has 1 N–H and O–H groups in total. The van der Waals surface area contributed by atoms with E-state index in [1.54, 1.807) is 0 Å². The third-order valence-electron chi connectivity index (χ3n) is 4.07. The number of aromatic nitrogens is 1. The van der Waals surface area contributed by atoms with Gasteiger partial charge in [-0.05, 0) is 37.7 Å². The van der Waals surface area contributed by atoms with E-state index in [-0.39, 0.29) is 4.90 Å². The van der Waals surface area contributed by atoms with E-state index in [9.17, 15) is 18.1 Å². The molecule has 1 aliphatic carbocycles. The summed E-state index contributed by atoms with van der Waals surface area (Å²) in [6.45, 7) is 2.09. The van der Waals surface area contributed by atoms with Crippen LogP contribution in [0.4, 0.5) is 4.39 Å². The maximum Gasteiger partial charge on any atom is 0.243 e. The van der Waals surface area contributed by atoms with E-state index in [0.29, 0.717) is 18.8 Å². The van der Waals surface area contributed by atoms with E-state index in [0.717, 1.165) is 37.7 Å². The number of nitriles is 1. The summed E-state index contributed by atoms with van der Waals surface area (Å²) < 4.78 is 40.2. The molecule has 0 unspecified atom stereocenters. The highest BCUT2D eigenvalue weighted by Gasteiger charge is 2.39. The van der Waals surface area contributed by atoms with Crippen molar-refractivity contribution in [1.82, 2.24) is 9.71 Å². The van der Waals surface area contributed by atoms with Crippen LogP contribution in [0.3, 0.4) is 0 Å². The van der Waals surface area contributed by atoms with Crippen LogP contribution in [0.15, 0.2) is 23.4 Å². The summed E-state index contributed by atoms with van der Waals surface area (Å²) in [5, 5.41) is 9.40. The molecule has 7 heteroatoms. The van der Waals surface area contributed by atoms with Crippen molar-refractivity contribution in [1.29, 1.82) is 5.26 Å². The lowest BCUT2D eigenvalue weighted by Crippen LogP contribution is -2.49. The van der Waals surface area contributed by atoms with Crippen molar-refractivity contribution in [2.75, 3.05) is 0 Å². The lowest BCUT2D eigenvalue weighted by molar-refractivity contribution is 0.259. The van der Waals surface area contributed by atoms with Crippen molar-refractivity contribution >= 4 is 10.0 Å². The SMILES string of the molecule is CCC1CCC(C#N)(NS(=O)(=O)c2cncc(F)c2)CC1. The number of pyridine rings is 1. The van der Waals surface area contributed by atoms with E-state index in [4.69, 9.17) is 0 Å². The fourth-order valence-electron chi connectivity index (χ4n) is 2.67. The Morgan fingerprint density at radius 3 is 2.67 bits per heavy atom. The fraction of sp³-hybridized carbons (Fsp3) is 0.571. The predicted molar refractivity (Wildman–Crippen MR) is 75.1 cm³/mol. The van der Waals surface area contributed by atoms with Crippen LogP contribution in [0, 0.1) is 23.1 Å². The normalized spacial score (nSPS) is 26.2. The Kier molecular flexibility index (Phi) is 4.59. The second-order valence-electron chi connectivity index (χ2n) is 5.49. The molecule has 1 aromatic rings. The fourth-order valence-corrected chi connectivity index (χ4v) is 4.02. The molecule has 1 fully saturated rings. The predicted octanol–water partition coefficient (Wildman–Crippen LogP) is 2.36. The third kappa shape index (κ3) is 3.57. The molecule has 1 aromatic heterocycles. The summed E-state index contributed by atoms with van der Waals surface area (Å²) in [5.41, 5.74) is -1.10. The first-order valence-electron chi connectivity index (χ1n) is 6.96. The molecule has 0 bridgehead atoms. The minimum absolute atomic E-state index is 0.255. The second-order valence-corrected chi connectivity index (χ2v) is 7.17. The van der Waals surface area contributed by atoms with Crippen molar-refractivity contribution in [3.8, 4) is 6.07 Å². The lowest BCUT2D eigenvalue weighted by atomic mass is 9.77. The number of nitrogens with zero attached hydrogens (tertiary/aromatic N) is 2. The Hall–Kier alpha value is -1.52. The molecule has 0 radical (unpaired) electrons. The van der Waals surface area contributed by atoms with Crippen LogP contribution in [-0.2, 0) is 10.0 Å². The largest absolute Gasteiger partial charge is 0.260 e. The van der Waals surface area contributed by atoms with Gasteiger partial charge in [-0.15, -0.1) is 0 Å². The van der Waals surface area contributed by atoms with Gasteiger partial charge in [-0.1, -0.05) is 13.3 Å². The Morgan fingerprint density at radius 1 is 1.48 bits per heavy atom. The van der Waals surface area contributed by atoms with Crippen molar-refractivity contribution in [3.63, 3.8) is 0 Å². The molecule has 0 aliphatic heterocycles. The molecule has 2 rings (SSSR count). The van der Waals surface area contributed by atoms with Gasteiger partial charge in [0.1, 0.15) is 16.3 Å². The zero-order chi connectivity index (χ0) is 15.5. The number of hydrogen-bond acceptors (Lipinski definition) is 4. The highest BCUT2D eigenvalue weighted by atomic mass is 32.2. The van der Waals surface area contributed by atoms with Gasteiger partial charge in [0, 0.05) is 6.20 Å². The van der Waals surface area contributed by atoms with Crippen LogP contribution in [0.1, 0.15) is 39.0 Å². The standard InChI is InChI=1S/C14H18FN3O2S/c1-2-11-3-5-14(10-16,6-4-11)18-21(19,20)13-7-12(15)8-17-9-13/h7-9,11,18H,2-6H2,1H3.